The van der Waals surface area contributed by atoms with Crippen LogP contribution >= 0.6 is 0 Å². The summed E-state index contributed by atoms with van der Waals surface area (Å²) in [5.74, 6) is -0.544. The summed E-state index contributed by atoms with van der Waals surface area (Å²) in [7, 11) is 0. The highest BCUT2D eigenvalue weighted by molar-refractivity contribution is 6.00. The molecule has 1 heterocycles. The first kappa shape index (κ1) is 13.4. The number of carbonyl (C=O) groups is 2. The molecule has 0 aromatic heterocycles. The Labute approximate surface area is 111 Å². The second-order valence-electron chi connectivity index (χ2n) is 5.32. The molecule has 5 heteroatoms. The SMILES string of the molecule is CC(CC(=O)O)c1ccc2c(c1)OC(C)(C)C(=O)N2. The molecule has 1 atom stereocenters. The molecule has 0 bridgehead atoms. The van der Waals surface area contributed by atoms with Crippen molar-refractivity contribution in [3.05, 3.63) is 23.8 Å². The molecular weight excluding hydrogens is 246 g/mol. The van der Waals surface area contributed by atoms with Crippen molar-refractivity contribution in [2.45, 2.75) is 38.7 Å². The number of hydrogen-bond donors (Lipinski definition) is 2. The molecule has 1 unspecified atom stereocenters. The predicted molar refractivity (Wildman–Crippen MR) is 70.4 cm³/mol. The molecule has 5 nitrogen and oxygen atoms in total. The summed E-state index contributed by atoms with van der Waals surface area (Å²) in [4.78, 5) is 22.5. The van der Waals surface area contributed by atoms with Gasteiger partial charge < -0.3 is 15.2 Å². The number of anilines is 1. The van der Waals surface area contributed by atoms with E-state index < -0.39 is 11.6 Å². The molecule has 102 valence electrons. The lowest BCUT2D eigenvalue weighted by atomic mass is 9.96. The van der Waals surface area contributed by atoms with Crippen LogP contribution in [0.5, 0.6) is 5.75 Å². The fourth-order valence-electron chi connectivity index (χ4n) is 2.01. The highest BCUT2D eigenvalue weighted by atomic mass is 16.5. The number of aliphatic carboxylic acids is 1. The van der Waals surface area contributed by atoms with E-state index in [1.54, 1.807) is 26.0 Å². The number of benzene rings is 1. The normalized spacial score (nSPS) is 17.9. The Morgan fingerprint density at radius 1 is 1.47 bits per heavy atom. The van der Waals surface area contributed by atoms with Gasteiger partial charge in [-0.25, -0.2) is 0 Å². The summed E-state index contributed by atoms with van der Waals surface area (Å²) in [6.07, 6.45) is 0.0640. The fourth-order valence-corrected chi connectivity index (χ4v) is 2.01. The molecule has 0 saturated carbocycles. The third-order valence-corrected chi connectivity index (χ3v) is 3.22. The van der Waals surface area contributed by atoms with E-state index in [2.05, 4.69) is 5.32 Å². The van der Waals surface area contributed by atoms with Crippen molar-refractivity contribution in [2.75, 3.05) is 5.32 Å². The number of ether oxygens (including phenoxy) is 1. The second-order valence-corrected chi connectivity index (χ2v) is 5.32. The summed E-state index contributed by atoms with van der Waals surface area (Å²) in [6, 6.07) is 5.36. The highest BCUT2D eigenvalue weighted by Gasteiger charge is 2.35. The molecule has 0 fully saturated rings. The lowest BCUT2D eigenvalue weighted by Gasteiger charge is -2.32. The zero-order valence-corrected chi connectivity index (χ0v) is 11.2. The van der Waals surface area contributed by atoms with Crippen LogP contribution in [-0.2, 0) is 9.59 Å². The Kier molecular flexibility index (Phi) is 3.22. The van der Waals surface area contributed by atoms with Gasteiger partial charge in [-0.05, 0) is 37.5 Å². The van der Waals surface area contributed by atoms with E-state index in [1.807, 2.05) is 13.0 Å². The third kappa shape index (κ3) is 2.70. The van der Waals surface area contributed by atoms with Gasteiger partial charge in [0.15, 0.2) is 5.60 Å². The molecule has 1 amide bonds. The van der Waals surface area contributed by atoms with E-state index in [-0.39, 0.29) is 18.2 Å². The Bertz CT molecular complexity index is 536. The lowest BCUT2D eigenvalue weighted by molar-refractivity contribution is -0.137. The van der Waals surface area contributed by atoms with Gasteiger partial charge in [0.25, 0.3) is 5.91 Å². The predicted octanol–water partition coefficient (Wildman–Crippen LogP) is 2.37. The van der Waals surface area contributed by atoms with Crippen LogP contribution < -0.4 is 10.1 Å². The summed E-state index contributed by atoms with van der Waals surface area (Å²) >= 11 is 0. The van der Waals surface area contributed by atoms with E-state index >= 15 is 0 Å². The lowest BCUT2D eigenvalue weighted by Crippen LogP contribution is -2.45. The summed E-state index contributed by atoms with van der Waals surface area (Å²) in [5, 5.41) is 11.6. The van der Waals surface area contributed by atoms with Gasteiger partial charge in [-0.1, -0.05) is 13.0 Å². The number of carboxylic acids is 1. The van der Waals surface area contributed by atoms with Crippen LogP contribution in [0.3, 0.4) is 0 Å². The number of carbonyl (C=O) groups excluding carboxylic acids is 1. The minimum Gasteiger partial charge on any atom is -0.481 e. The van der Waals surface area contributed by atoms with Crippen molar-refractivity contribution in [3.8, 4) is 5.75 Å². The number of amides is 1. The maximum atomic E-state index is 11.7. The first-order chi connectivity index (χ1) is 8.79. The molecule has 0 saturated heterocycles. The van der Waals surface area contributed by atoms with Crippen LogP contribution in [0.15, 0.2) is 18.2 Å². The van der Waals surface area contributed by atoms with Crippen molar-refractivity contribution >= 4 is 17.6 Å². The van der Waals surface area contributed by atoms with Crippen molar-refractivity contribution in [1.82, 2.24) is 0 Å². The van der Waals surface area contributed by atoms with Gasteiger partial charge in [-0.3, -0.25) is 9.59 Å². The van der Waals surface area contributed by atoms with Crippen LogP contribution in [0.4, 0.5) is 5.69 Å². The van der Waals surface area contributed by atoms with Crippen molar-refractivity contribution in [1.29, 1.82) is 0 Å². The summed E-state index contributed by atoms with van der Waals surface area (Å²) in [5.41, 5.74) is 0.588. The van der Waals surface area contributed by atoms with Crippen molar-refractivity contribution in [3.63, 3.8) is 0 Å². The first-order valence-electron chi connectivity index (χ1n) is 6.16. The molecule has 0 aliphatic carbocycles. The number of carboxylic acid groups (broad SMARTS) is 1. The average molecular weight is 263 g/mol. The maximum Gasteiger partial charge on any atom is 0.303 e. The molecule has 19 heavy (non-hydrogen) atoms. The maximum absolute atomic E-state index is 11.7. The van der Waals surface area contributed by atoms with Gasteiger partial charge in [0.05, 0.1) is 12.1 Å². The molecule has 2 rings (SSSR count). The largest absolute Gasteiger partial charge is 0.481 e. The quantitative estimate of drug-likeness (QED) is 0.877. The summed E-state index contributed by atoms with van der Waals surface area (Å²) in [6.45, 7) is 5.24. The highest BCUT2D eigenvalue weighted by Crippen LogP contribution is 2.36. The zero-order chi connectivity index (χ0) is 14.2. The van der Waals surface area contributed by atoms with Gasteiger partial charge >= 0.3 is 5.97 Å². The Hall–Kier alpha value is -2.04. The van der Waals surface area contributed by atoms with E-state index in [1.165, 1.54) is 0 Å². The van der Waals surface area contributed by atoms with Crippen molar-refractivity contribution < 1.29 is 19.4 Å². The Morgan fingerprint density at radius 2 is 2.16 bits per heavy atom. The topological polar surface area (TPSA) is 75.6 Å². The van der Waals surface area contributed by atoms with Gasteiger partial charge in [-0.2, -0.15) is 0 Å². The van der Waals surface area contributed by atoms with E-state index in [4.69, 9.17) is 9.84 Å². The smallest absolute Gasteiger partial charge is 0.303 e. The van der Waals surface area contributed by atoms with Crippen LogP contribution in [0.2, 0.25) is 0 Å². The van der Waals surface area contributed by atoms with Gasteiger partial charge in [-0.15, -0.1) is 0 Å². The minimum absolute atomic E-state index is 0.0640. The molecule has 1 aromatic carbocycles. The van der Waals surface area contributed by atoms with Gasteiger partial charge in [0.2, 0.25) is 0 Å². The molecule has 2 N–H and O–H groups in total. The van der Waals surface area contributed by atoms with E-state index in [0.29, 0.717) is 11.4 Å². The minimum atomic E-state index is -0.915. The molecular formula is C14H17NO4. The van der Waals surface area contributed by atoms with Crippen LogP contribution in [0, 0.1) is 0 Å². The number of nitrogens with one attached hydrogen (secondary N) is 1. The number of hydrogen-bond acceptors (Lipinski definition) is 3. The standard InChI is InChI=1S/C14H17NO4/c1-8(6-12(16)17)9-4-5-10-11(7-9)19-14(2,3)13(18)15-10/h4-5,7-8H,6H2,1-3H3,(H,15,18)(H,16,17). The number of fused-ring (bicyclic) bond motifs is 1. The molecule has 0 spiro atoms. The Balaban J connectivity index is 2.29. The van der Waals surface area contributed by atoms with Crippen LogP contribution in [-0.4, -0.2) is 22.6 Å². The fraction of sp³-hybridized carbons (Fsp3) is 0.429. The third-order valence-electron chi connectivity index (χ3n) is 3.22. The number of rotatable bonds is 3. The first-order valence-corrected chi connectivity index (χ1v) is 6.16. The van der Waals surface area contributed by atoms with E-state index in [9.17, 15) is 9.59 Å². The van der Waals surface area contributed by atoms with Gasteiger partial charge in [0.1, 0.15) is 5.75 Å². The molecule has 1 aliphatic heterocycles. The van der Waals surface area contributed by atoms with Crippen LogP contribution in [0.25, 0.3) is 0 Å². The molecule has 1 aliphatic rings. The summed E-state index contributed by atoms with van der Waals surface area (Å²) < 4.78 is 5.67. The monoisotopic (exact) mass is 263 g/mol. The van der Waals surface area contributed by atoms with Crippen LogP contribution in [0.1, 0.15) is 38.7 Å². The van der Waals surface area contributed by atoms with Gasteiger partial charge in [0, 0.05) is 0 Å². The average Bonchev–Trinajstić information content (AvgIpc) is 2.28. The zero-order valence-electron chi connectivity index (χ0n) is 11.2. The van der Waals surface area contributed by atoms with Crippen molar-refractivity contribution in [2.24, 2.45) is 0 Å². The van der Waals surface area contributed by atoms with E-state index in [0.717, 1.165) is 5.56 Å². The molecule has 0 radical (unpaired) electrons. The Morgan fingerprint density at radius 3 is 2.79 bits per heavy atom. The molecule has 1 aromatic rings. The second kappa shape index (κ2) is 4.57.